The van der Waals surface area contributed by atoms with Crippen LogP contribution in [0.4, 0.5) is 4.39 Å². The van der Waals surface area contributed by atoms with Crippen LogP contribution in [0, 0.1) is 5.82 Å². The Hall–Kier alpha value is -1.99. The van der Waals surface area contributed by atoms with Gasteiger partial charge in [-0.1, -0.05) is 12.1 Å². The highest BCUT2D eigenvalue weighted by Crippen LogP contribution is 2.12. The number of ether oxygens (including phenoxy) is 1. The standard InChI is InChI=1S/C18H24FN3O3/c19-16-4-2-1-3-15(16)18(24)22-9-7-20(8-10-22)6-5-17(23)21-11-13-25-14-12-21/h1-4H,5-14H2. The minimum Gasteiger partial charge on any atom is -0.378 e. The molecule has 2 heterocycles. The molecule has 2 amide bonds. The highest BCUT2D eigenvalue weighted by Gasteiger charge is 2.24. The number of carbonyl (C=O) groups is 2. The topological polar surface area (TPSA) is 53.1 Å². The summed E-state index contributed by atoms with van der Waals surface area (Å²) in [7, 11) is 0. The number of nitrogens with zero attached hydrogens (tertiary/aromatic N) is 3. The number of halogens is 1. The maximum absolute atomic E-state index is 13.7. The van der Waals surface area contributed by atoms with Gasteiger partial charge in [-0.05, 0) is 12.1 Å². The third kappa shape index (κ3) is 4.55. The fourth-order valence-electron chi connectivity index (χ4n) is 3.20. The second kappa shape index (κ2) is 8.40. The van der Waals surface area contributed by atoms with Crippen LogP contribution in [0.2, 0.25) is 0 Å². The molecule has 0 radical (unpaired) electrons. The monoisotopic (exact) mass is 349 g/mol. The second-order valence-corrected chi connectivity index (χ2v) is 6.36. The average Bonchev–Trinajstić information content (AvgIpc) is 2.67. The molecule has 3 rings (SSSR count). The van der Waals surface area contributed by atoms with Crippen LogP contribution in [-0.2, 0) is 9.53 Å². The summed E-state index contributed by atoms with van der Waals surface area (Å²) in [5.41, 5.74) is 0.124. The predicted molar refractivity (Wildman–Crippen MR) is 90.8 cm³/mol. The number of hydrogen-bond acceptors (Lipinski definition) is 4. The fraction of sp³-hybridized carbons (Fsp3) is 0.556. The number of rotatable bonds is 4. The van der Waals surface area contributed by atoms with Gasteiger partial charge in [-0.15, -0.1) is 0 Å². The van der Waals surface area contributed by atoms with Gasteiger partial charge in [0.05, 0.1) is 18.8 Å². The maximum atomic E-state index is 13.7. The van der Waals surface area contributed by atoms with Crippen molar-refractivity contribution in [2.45, 2.75) is 6.42 Å². The van der Waals surface area contributed by atoms with Gasteiger partial charge in [0.2, 0.25) is 5.91 Å². The Morgan fingerprint density at radius 2 is 1.64 bits per heavy atom. The molecule has 6 nitrogen and oxygen atoms in total. The van der Waals surface area contributed by atoms with Gasteiger partial charge in [0.1, 0.15) is 5.82 Å². The molecule has 2 aliphatic heterocycles. The Balaban J connectivity index is 1.43. The van der Waals surface area contributed by atoms with Gasteiger partial charge in [-0.25, -0.2) is 4.39 Å². The third-order valence-corrected chi connectivity index (χ3v) is 4.77. The number of hydrogen-bond donors (Lipinski definition) is 0. The van der Waals surface area contributed by atoms with Crippen LogP contribution in [0.3, 0.4) is 0 Å². The summed E-state index contributed by atoms with van der Waals surface area (Å²) in [4.78, 5) is 30.3. The molecule has 25 heavy (non-hydrogen) atoms. The van der Waals surface area contributed by atoms with Gasteiger partial charge < -0.3 is 14.5 Å². The summed E-state index contributed by atoms with van der Waals surface area (Å²) in [6.45, 7) is 5.78. The Kier molecular flexibility index (Phi) is 5.99. The molecule has 1 aromatic rings. The van der Waals surface area contributed by atoms with Gasteiger partial charge in [0, 0.05) is 52.2 Å². The zero-order valence-electron chi connectivity index (χ0n) is 14.3. The Morgan fingerprint density at radius 1 is 0.960 bits per heavy atom. The van der Waals surface area contributed by atoms with Crippen molar-refractivity contribution in [3.63, 3.8) is 0 Å². The molecule has 0 aromatic heterocycles. The molecule has 136 valence electrons. The van der Waals surface area contributed by atoms with Crippen molar-refractivity contribution in [2.75, 3.05) is 59.0 Å². The normalized spacial score (nSPS) is 19.1. The summed E-state index contributed by atoms with van der Waals surface area (Å²) < 4.78 is 19.0. The molecule has 1 aromatic carbocycles. The van der Waals surface area contributed by atoms with Crippen molar-refractivity contribution < 1.29 is 18.7 Å². The first-order chi connectivity index (χ1) is 12.1. The summed E-state index contributed by atoms with van der Waals surface area (Å²) in [5, 5.41) is 0. The van der Waals surface area contributed by atoms with E-state index in [0.29, 0.717) is 65.4 Å². The molecular formula is C18H24FN3O3. The Bertz CT molecular complexity index is 611. The molecule has 2 saturated heterocycles. The molecule has 0 spiro atoms. The second-order valence-electron chi connectivity index (χ2n) is 6.36. The van der Waals surface area contributed by atoms with Gasteiger partial charge in [0.25, 0.3) is 5.91 Å². The first kappa shape index (κ1) is 17.8. The van der Waals surface area contributed by atoms with Gasteiger partial charge in [0.15, 0.2) is 0 Å². The van der Waals surface area contributed by atoms with Crippen LogP contribution in [0.1, 0.15) is 16.8 Å². The Morgan fingerprint density at radius 3 is 2.32 bits per heavy atom. The molecule has 0 aliphatic carbocycles. The first-order valence-corrected chi connectivity index (χ1v) is 8.77. The highest BCUT2D eigenvalue weighted by molar-refractivity contribution is 5.94. The number of carbonyl (C=O) groups excluding carboxylic acids is 2. The van der Waals surface area contributed by atoms with Crippen LogP contribution in [0.15, 0.2) is 24.3 Å². The largest absolute Gasteiger partial charge is 0.378 e. The molecular weight excluding hydrogens is 325 g/mol. The minimum atomic E-state index is -0.481. The number of benzene rings is 1. The highest BCUT2D eigenvalue weighted by atomic mass is 19.1. The summed E-state index contributed by atoms with van der Waals surface area (Å²) in [6, 6.07) is 6.07. The van der Waals surface area contributed by atoms with E-state index in [1.54, 1.807) is 17.0 Å². The van der Waals surface area contributed by atoms with Crippen LogP contribution in [0.25, 0.3) is 0 Å². The van der Waals surface area contributed by atoms with E-state index in [1.165, 1.54) is 12.1 Å². The summed E-state index contributed by atoms with van der Waals surface area (Å²) >= 11 is 0. The van der Waals surface area contributed by atoms with Crippen molar-refractivity contribution in [1.82, 2.24) is 14.7 Å². The third-order valence-electron chi connectivity index (χ3n) is 4.77. The van der Waals surface area contributed by atoms with E-state index < -0.39 is 5.82 Å². The molecule has 2 aliphatic rings. The number of morpholine rings is 1. The zero-order chi connectivity index (χ0) is 17.6. The molecule has 0 unspecified atom stereocenters. The van der Waals surface area contributed by atoms with Crippen molar-refractivity contribution >= 4 is 11.8 Å². The van der Waals surface area contributed by atoms with Crippen LogP contribution < -0.4 is 0 Å². The summed E-state index contributed by atoms with van der Waals surface area (Å²) in [6.07, 6.45) is 0.487. The lowest BCUT2D eigenvalue weighted by Gasteiger charge is -2.35. The molecule has 0 bridgehead atoms. The van der Waals surface area contributed by atoms with Crippen LogP contribution in [0.5, 0.6) is 0 Å². The van der Waals surface area contributed by atoms with E-state index in [2.05, 4.69) is 4.90 Å². The lowest BCUT2D eigenvalue weighted by molar-refractivity contribution is -0.135. The zero-order valence-corrected chi connectivity index (χ0v) is 14.3. The van der Waals surface area contributed by atoms with Crippen molar-refractivity contribution in [1.29, 1.82) is 0 Å². The van der Waals surface area contributed by atoms with Crippen molar-refractivity contribution in [3.8, 4) is 0 Å². The van der Waals surface area contributed by atoms with Gasteiger partial charge in [-0.2, -0.15) is 0 Å². The maximum Gasteiger partial charge on any atom is 0.256 e. The quantitative estimate of drug-likeness (QED) is 0.808. The molecule has 2 fully saturated rings. The van der Waals surface area contributed by atoms with E-state index in [0.717, 1.165) is 0 Å². The smallest absolute Gasteiger partial charge is 0.256 e. The molecule has 0 saturated carbocycles. The van der Waals surface area contributed by atoms with Gasteiger partial charge in [-0.3, -0.25) is 14.5 Å². The van der Waals surface area contributed by atoms with E-state index in [1.807, 2.05) is 4.90 Å². The van der Waals surface area contributed by atoms with Crippen LogP contribution in [-0.4, -0.2) is 85.5 Å². The minimum absolute atomic E-state index is 0.124. The Labute approximate surface area is 147 Å². The van der Waals surface area contributed by atoms with Crippen molar-refractivity contribution in [3.05, 3.63) is 35.6 Å². The van der Waals surface area contributed by atoms with E-state index in [9.17, 15) is 14.0 Å². The van der Waals surface area contributed by atoms with E-state index in [-0.39, 0.29) is 17.4 Å². The molecule has 0 atom stereocenters. The van der Waals surface area contributed by atoms with Crippen molar-refractivity contribution in [2.24, 2.45) is 0 Å². The van der Waals surface area contributed by atoms with E-state index >= 15 is 0 Å². The van der Waals surface area contributed by atoms with E-state index in [4.69, 9.17) is 4.74 Å². The first-order valence-electron chi connectivity index (χ1n) is 8.77. The summed E-state index contributed by atoms with van der Waals surface area (Å²) in [5.74, 6) is -0.582. The molecule has 7 heteroatoms. The van der Waals surface area contributed by atoms with Crippen LogP contribution >= 0.6 is 0 Å². The molecule has 0 N–H and O–H groups in total. The van der Waals surface area contributed by atoms with Gasteiger partial charge >= 0.3 is 0 Å². The number of amides is 2. The lowest BCUT2D eigenvalue weighted by atomic mass is 10.1. The fourth-order valence-corrected chi connectivity index (χ4v) is 3.20. The predicted octanol–water partition coefficient (Wildman–Crippen LogP) is 0.832. The lowest BCUT2D eigenvalue weighted by Crippen LogP contribution is -2.50. The number of piperazine rings is 1. The average molecular weight is 349 g/mol. The SMILES string of the molecule is O=C(CCN1CCN(C(=O)c2ccccc2F)CC1)N1CCOCC1.